The summed E-state index contributed by atoms with van der Waals surface area (Å²) in [4.78, 5) is 0. The highest BCUT2D eigenvalue weighted by molar-refractivity contribution is 5.40. The van der Waals surface area contributed by atoms with Crippen LogP contribution in [0, 0.1) is 0 Å². The number of methoxy groups -OCH3 is 1. The molecular formula is C16H25NO2. The minimum atomic E-state index is 0.198. The van der Waals surface area contributed by atoms with Gasteiger partial charge in [-0.25, -0.2) is 0 Å². The molecule has 0 saturated carbocycles. The molecule has 19 heavy (non-hydrogen) atoms. The smallest absolute Gasteiger partial charge is 0.122 e. The van der Waals surface area contributed by atoms with Gasteiger partial charge in [-0.1, -0.05) is 19.1 Å². The van der Waals surface area contributed by atoms with Crippen molar-refractivity contribution in [3.8, 4) is 5.75 Å². The summed E-state index contributed by atoms with van der Waals surface area (Å²) in [6.07, 6.45) is 4.16. The lowest BCUT2D eigenvalue weighted by Gasteiger charge is -2.38. The van der Waals surface area contributed by atoms with E-state index < -0.39 is 0 Å². The summed E-state index contributed by atoms with van der Waals surface area (Å²) in [5, 5.41) is 0. The second kappa shape index (κ2) is 6.40. The Morgan fingerprint density at radius 2 is 2.05 bits per heavy atom. The molecule has 3 heteroatoms. The first-order valence-corrected chi connectivity index (χ1v) is 7.21. The van der Waals surface area contributed by atoms with Crippen molar-refractivity contribution >= 4 is 0 Å². The van der Waals surface area contributed by atoms with E-state index in [0.717, 1.165) is 51.2 Å². The molecule has 0 aliphatic carbocycles. The number of ether oxygens (including phenoxy) is 2. The monoisotopic (exact) mass is 263 g/mol. The number of rotatable bonds is 5. The molecule has 2 N–H and O–H groups in total. The number of hydrogen-bond donors (Lipinski definition) is 1. The number of benzene rings is 1. The van der Waals surface area contributed by atoms with Crippen molar-refractivity contribution in [3.63, 3.8) is 0 Å². The molecule has 1 aromatic carbocycles. The van der Waals surface area contributed by atoms with Crippen molar-refractivity contribution in [2.75, 3.05) is 26.9 Å². The van der Waals surface area contributed by atoms with Gasteiger partial charge in [0.15, 0.2) is 0 Å². The van der Waals surface area contributed by atoms with Crippen LogP contribution in [0.3, 0.4) is 0 Å². The zero-order valence-corrected chi connectivity index (χ0v) is 12.1. The quantitative estimate of drug-likeness (QED) is 0.888. The van der Waals surface area contributed by atoms with Crippen LogP contribution < -0.4 is 10.5 Å². The minimum absolute atomic E-state index is 0.198. The molecule has 0 aromatic heterocycles. The van der Waals surface area contributed by atoms with Crippen molar-refractivity contribution in [1.82, 2.24) is 0 Å². The van der Waals surface area contributed by atoms with Crippen molar-refractivity contribution in [2.45, 2.75) is 38.0 Å². The summed E-state index contributed by atoms with van der Waals surface area (Å²) in [7, 11) is 1.73. The molecule has 2 rings (SSSR count). The maximum Gasteiger partial charge on any atom is 0.122 e. The molecule has 0 atom stereocenters. The van der Waals surface area contributed by atoms with Gasteiger partial charge in [-0.15, -0.1) is 0 Å². The van der Waals surface area contributed by atoms with Crippen LogP contribution in [0.2, 0.25) is 0 Å². The molecule has 0 amide bonds. The molecule has 1 fully saturated rings. The van der Waals surface area contributed by atoms with E-state index in [0.29, 0.717) is 0 Å². The van der Waals surface area contributed by atoms with Crippen LogP contribution >= 0.6 is 0 Å². The molecule has 1 aromatic rings. The van der Waals surface area contributed by atoms with Gasteiger partial charge in [0.25, 0.3) is 0 Å². The highest BCUT2D eigenvalue weighted by atomic mass is 16.5. The van der Waals surface area contributed by atoms with E-state index in [1.165, 1.54) is 11.1 Å². The zero-order valence-electron chi connectivity index (χ0n) is 12.1. The first-order valence-electron chi connectivity index (χ1n) is 7.21. The van der Waals surface area contributed by atoms with Crippen molar-refractivity contribution in [2.24, 2.45) is 5.73 Å². The lowest BCUT2D eigenvalue weighted by Crippen LogP contribution is -2.36. The number of aryl methyl sites for hydroxylation is 1. The van der Waals surface area contributed by atoms with Gasteiger partial charge in [0, 0.05) is 18.6 Å². The Balaban J connectivity index is 2.36. The summed E-state index contributed by atoms with van der Waals surface area (Å²) < 4.78 is 11.0. The molecule has 0 unspecified atom stereocenters. The van der Waals surface area contributed by atoms with Gasteiger partial charge in [-0.3, -0.25) is 0 Å². The zero-order chi connectivity index (χ0) is 13.7. The van der Waals surface area contributed by atoms with Crippen molar-refractivity contribution in [3.05, 3.63) is 29.3 Å². The van der Waals surface area contributed by atoms with E-state index in [-0.39, 0.29) is 5.41 Å². The average Bonchev–Trinajstić information content (AvgIpc) is 2.47. The van der Waals surface area contributed by atoms with Gasteiger partial charge in [-0.2, -0.15) is 0 Å². The predicted octanol–water partition coefficient (Wildman–Crippen LogP) is 2.65. The van der Waals surface area contributed by atoms with E-state index in [9.17, 15) is 0 Å². The topological polar surface area (TPSA) is 44.5 Å². The third-order valence-electron chi connectivity index (χ3n) is 4.35. The van der Waals surface area contributed by atoms with Crippen LogP contribution in [0.15, 0.2) is 18.2 Å². The Labute approximate surface area is 116 Å². The fourth-order valence-electron chi connectivity index (χ4n) is 3.11. The first kappa shape index (κ1) is 14.4. The second-order valence-electron chi connectivity index (χ2n) is 5.31. The normalized spacial score (nSPS) is 18.3. The third kappa shape index (κ3) is 2.93. The fraction of sp³-hybridized carbons (Fsp3) is 0.625. The summed E-state index contributed by atoms with van der Waals surface area (Å²) in [5.74, 6) is 0.987. The summed E-state index contributed by atoms with van der Waals surface area (Å²) in [5.41, 5.74) is 8.72. The van der Waals surface area contributed by atoms with Crippen LogP contribution in [-0.2, 0) is 16.6 Å². The molecule has 1 aliphatic heterocycles. The van der Waals surface area contributed by atoms with E-state index >= 15 is 0 Å². The van der Waals surface area contributed by atoms with Crippen LogP contribution in [0.4, 0.5) is 0 Å². The van der Waals surface area contributed by atoms with Gasteiger partial charge in [0.1, 0.15) is 5.75 Å². The molecule has 0 bridgehead atoms. The van der Waals surface area contributed by atoms with Crippen LogP contribution in [0.1, 0.15) is 37.3 Å². The maximum atomic E-state index is 5.84. The Kier molecular flexibility index (Phi) is 4.83. The van der Waals surface area contributed by atoms with Gasteiger partial charge in [0.05, 0.1) is 7.11 Å². The molecule has 0 spiro atoms. The Bertz CT molecular complexity index is 406. The number of hydrogen-bond acceptors (Lipinski definition) is 3. The van der Waals surface area contributed by atoms with Crippen molar-refractivity contribution in [1.29, 1.82) is 0 Å². The molecule has 106 valence electrons. The third-order valence-corrected chi connectivity index (χ3v) is 4.35. The predicted molar refractivity (Wildman–Crippen MR) is 77.8 cm³/mol. The van der Waals surface area contributed by atoms with Gasteiger partial charge in [-0.05, 0) is 49.4 Å². The summed E-state index contributed by atoms with van der Waals surface area (Å²) >= 11 is 0. The van der Waals surface area contributed by atoms with E-state index in [4.69, 9.17) is 15.2 Å². The Morgan fingerprint density at radius 3 is 2.63 bits per heavy atom. The molecule has 0 radical (unpaired) electrons. The van der Waals surface area contributed by atoms with Gasteiger partial charge >= 0.3 is 0 Å². The average molecular weight is 263 g/mol. The Hall–Kier alpha value is -1.06. The van der Waals surface area contributed by atoms with Gasteiger partial charge in [0.2, 0.25) is 0 Å². The molecule has 1 aliphatic rings. The van der Waals surface area contributed by atoms with Crippen molar-refractivity contribution < 1.29 is 9.47 Å². The second-order valence-corrected chi connectivity index (χ2v) is 5.31. The summed E-state index contributed by atoms with van der Waals surface area (Å²) in [6, 6.07) is 6.61. The van der Waals surface area contributed by atoms with E-state index in [2.05, 4.69) is 25.1 Å². The first-order chi connectivity index (χ1) is 9.25. The fourth-order valence-corrected chi connectivity index (χ4v) is 3.11. The lowest BCUT2D eigenvalue weighted by molar-refractivity contribution is 0.0476. The molecular weight excluding hydrogens is 238 g/mol. The van der Waals surface area contributed by atoms with Crippen LogP contribution in [-0.4, -0.2) is 26.9 Å². The standard InChI is InChI=1S/C16H25NO2/c1-3-13-12-14(4-5-15(13)18-2)16(6-9-17)7-10-19-11-8-16/h4-5,12H,3,6-11,17H2,1-2H3. The SMILES string of the molecule is CCc1cc(C2(CCN)CCOCC2)ccc1OC. The van der Waals surface area contributed by atoms with Crippen LogP contribution in [0.25, 0.3) is 0 Å². The lowest BCUT2D eigenvalue weighted by atomic mass is 9.71. The molecule has 1 heterocycles. The number of nitrogens with two attached hydrogens (primary N) is 1. The van der Waals surface area contributed by atoms with Crippen LogP contribution in [0.5, 0.6) is 5.75 Å². The van der Waals surface area contributed by atoms with E-state index in [1.807, 2.05) is 0 Å². The minimum Gasteiger partial charge on any atom is -0.496 e. The molecule has 3 nitrogen and oxygen atoms in total. The highest BCUT2D eigenvalue weighted by Crippen LogP contribution is 2.39. The van der Waals surface area contributed by atoms with E-state index in [1.54, 1.807) is 7.11 Å². The summed E-state index contributed by atoms with van der Waals surface area (Å²) in [6.45, 7) is 4.58. The van der Waals surface area contributed by atoms with Gasteiger partial charge < -0.3 is 15.2 Å². The molecule has 1 saturated heterocycles. The highest BCUT2D eigenvalue weighted by Gasteiger charge is 2.33. The Morgan fingerprint density at radius 1 is 1.32 bits per heavy atom. The maximum absolute atomic E-state index is 5.84. The largest absolute Gasteiger partial charge is 0.496 e.